The molecule has 0 saturated heterocycles. The fourth-order valence-electron chi connectivity index (χ4n) is 8.16. The molecular formula is C57H59N3O. The Morgan fingerprint density at radius 3 is 1.89 bits per heavy atom. The number of aromatic nitrogens is 3. The van der Waals surface area contributed by atoms with Crippen molar-refractivity contribution in [2.45, 2.75) is 98.8 Å². The smallest absolute Gasteiger partial charge is 0.149 e. The summed E-state index contributed by atoms with van der Waals surface area (Å²) in [7, 11) is 0. The van der Waals surface area contributed by atoms with Crippen LogP contribution in [0, 0.1) is 6.92 Å². The van der Waals surface area contributed by atoms with Gasteiger partial charge < -0.3 is 5.11 Å². The first kappa shape index (κ1) is 38.9. The summed E-state index contributed by atoms with van der Waals surface area (Å²) < 4.78 is 19.7. The number of imidazole rings is 1. The van der Waals surface area contributed by atoms with Crippen LogP contribution >= 0.6 is 0 Å². The third kappa shape index (κ3) is 8.16. The van der Waals surface area contributed by atoms with Gasteiger partial charge in [-0.3, -0.25) is 9.55 Å². The lowest BCUT2D eigenvalue weighted by Gasteiger charge is -2.22. The maximum absolute atomic E-state index is 12.0. The molecule has 308 valence electrons. The molecule has 0 aliphatic rings. The van der Waals surface area contributed by atoms with Crippen LogP contribution in [0.3, 0.4) is 0 Å². The Hall–Kier alpha value is -6.26. The van der Waals surface area contributed by atoms with Crippen LogP contribution in [-0.4, -0.2) is 19.6 Å². The second kappa shape index (κ2) is 16.0. The van der Waals surface area contributed by atoms with Gasteiger partial charge in [0.1, 0.15) is 11.6 Å². The van der Waals surface area contributed by atoms with Crippen molar-refractivity contribution in [1.29, 1.82) is 0 Å². The first-order valence-electron chi connectivity index (χ1n) is 22.4. The molecule has 4 heteroatoms. The van der Waals surface area contributed by atoms with Crippen molar-refractivity contribution in [3.8, 4) is 67.5 Å². The van der Waals surface area contributed by atoms with Crippen molar-refractivity contribution in [3.63, 3.8) is 0 Å². The largest absolute Gasteiger partial charge is 0.507 e. The molecule has 8 aromatic rings. The molecule has 0 aliphatic heterocycles. The van der Waals surface area contributed by atoms with E-state index in [4.69, 9.17) is 12.7 Å². The van der Waals surface area contributed by atoms with E-state index in [-0.39, 0.29) is 16.6 Å². The van der Waals surface area contributed by atoms with Crippen molar-refractivity contribution < 1.29 is 7.85 Å². The minimum Gasteiger partial charge on any atom is -0.507 e. The van der Waals surface area contributed by atoms with E-state index in [0.717, 1.165) is 83.6 Å². The van der Waals surface area contributed by atoms with Crippen LogP contribution in [-0.2, 0) is 10.8 Å². The molecule has 61 heavy (non-hydrogen) atoms. The Balaban J connectivity index is 1.40. The normalized spacial score (nSPS) is 13.0. The summed E-state index contributed by atoms with van der Waals surface area (Å²) in [6.07, 6.45) is 1.88. The Labute approximate surface area is 365 Å². The number of rotatable bonds is 8. The number of hydrogen-bond acceptors (Lipinski definition) is 3. The number of phenols is 1. The van der Waals surface area contributed by atoms with E-state index in [1.54, 1.807) is 0 Å². The molecule has 0 radical (unpaired) electrons. The van der Waals surface area contributed by atoms with Crippen LogP contribution in [0.15, 0.2) is 140 Å². The molecule has 8 rings (SSSR count). The molecule has 2 aromatic heterocycles. The molecule has 0 saturated carbocycles. The highest BCUT2D eigenvalue weighted by atomic mass is 16.3. The Morgan fingerprint density at radius 2 is 1.21 bits per heavy atom. The monoisotopic (exact) mass is 803 g/mol. The van der Waals surface area contributed by atoms with Gasteiger partial charge in [-0.25, -0.2) is 4.98 Å². The zero-order chi connectivity index (χ0) is 45.2. The SMILES string of the molecule is [2H]C(C)(C)c1ccc(-c2ccnc(-c3cc(-c4cccc5c4nc(-c4cc(C(C)(C)C)cc(C)c4O)n5-c4ccc(C([2H])(C)C)cc4-c4ccccc4)cc(C(C)(C)C)c3)c2)cc1. The number of benzene rings is 6. The van der Waals surface area contributed by atoms with Crippen molar-refractivity contribution in [1.82, 2.24) is 14.5 Å². The maximum Gasteiger partial charge on any atom is 0.149 e. The molecule has 1 N–H and O–H groups in total. The quantitative estimate of drug-likeness (QED) is 0.166. The van der Waals surface area contributed by atoms with Crippen LogP contribution in [0.1, 0.15) is 112 Å². The molecule has 2 heterocycles. The summed E-state index contributed by atoms with van der Waals surface area (Å²) >= 11 is 0. The van der Waals surface area contributed by atoms with Gasteiger partial charge in [-0.15, -0.1) is 0 Å². The van der Waals surface area contributed by atoms with Gasteiger partial charge in [0.05, 0.1) is 28.0 Å². The van der Waals surface area contributed by atoms with E-state index in [1.807, 2.05) is 77.2 Å². The Kier molecular flexibility index (Phi) is 10.2. The lowest BCUT2D eigenvalue weighted by Crippen LogP contribution is -2.12. The third-order valence-corrected chi connectivity index (χ3v) is 12.0. The molecule has 0 unspecified atom stereocenters. The first-order valence-corrected chi connectivity index (χ1v) is 21.4. The third-order valence-electron chi connectivity index (χ3n) is 12.0. The Morgan fingerprint density at radius 1 is 0.557 bits per heavy atom. The molecule has 0 aliphatic carbocycles. The van der Waals surface area contributed by atoms with Gasteiger partial charge in [0.2, 0.25) is 0 Å². The number of para-hydroxylation sites is 1. The summed E-state index contributed by atoms with van der Waals surface area (Å²) in [6, 6.07) is 46.4. The summed E-state index contributed by atoms with van der Waals surface area (Å²) in [5.74, 6) is -0.651. The summed E-state index contributed by atoms with van der Waals surface area (Å²) in [4.78, 5) is 10.5. The fraction of sp³-hybridized carbons (Fsp3) is 0.263. The highest BCUT2D eigenvalue weighted by Gasteiger charge is 2.26. The van der Waals surface area contributed by atoms with Crippen LogP contribution in [0.4, 0.5) is 0 Å². The van der Waals surface area contributed by atoms with Gasteiger partial charge >= 0.3 is 0 Å². The van der Waals surface area contributed by atoms with E-state index in [0.29, 0.717) is 11.4 Å². The van der Waals surface area contributed by atoms with Crippen molar-refractivity contribution in [2.24, 2.45) is 0 Å². The second-order valence-electron chi connectivity index (χ2n) is 19.0. The average molecular weight is 804 g/mol. The van der Waals surface area contributed by atoms with E-state index >= 15 is 0 Å². The topological polar surface area (TPSA) is 50.9 Å². The minimum atomic E-state index is -0.820. The first-order chi connectivity index (χ1) is 29.6. The number of hydrogen-bond donors (Lipinski definition) is 1. The van der Waals surface area contributed by atoms with Crippen LogP contribution in [0.2, 0.25) is 0 Å². The number of aryl methyl sites for hydroxylation is 1. The zero-order valence-corrected chi connectivity index (χ0v) is 37.6. The predicted octanol–water partition coefficient (Wildman–Crippen LogP) is 15.6. The number of pyridine rings is 1. The van der Waals surface area contributed by atoms with Crippen LogP contribution in [0.5, 0.6) is 5.75 Å². The summed E-state index contributed by atoms with van der Waals surface area (Å²) in [5, 5.41) is 12.0. The lowest BCUT2D eigenvalue weighted by atomic mass is 9.83. The highest BCUT2D eigenvalue weighted by Crippen LogP contribution is 2.44. The van der Waals surface area contributed by atoms with Crippen LogP contribution in [0.25, 0.3) is 72.7 Å². The molecule has 0 atom stereocenters. The van der Waals surface area contributed by atoms with Crippen LogP contribution < -0.4 is 0 Å². The zero-order valence-electron chi connectivity index (χ0n) is 39.6. The lowest BCUT2D eigenvalue weighted by molar-refractivity contribution is 0.471. The van der Waals surface area contributed by atoms with E-state index in [9.17, 15) is 5.11 Å². The number of aromatic hydroxyl groups is 1. The fourth-order valence-corrected chi connectivity index (χ4v) is 8.16. The van der Waals surface area contributed by atoms with Gasteiger partial charge in [-0.2, -0.15) is 0 Å². The van der Waals surface area contributed by atoms with E-state index < -0.39 is 11.8 Å². The van der Waals surface area contributed by atoms with Gasteiger partial charge in [-0.05, 0) is 128 Å². The number of fused-ring (bicyclic) bond motifs is 1. The number of phenolic OH excluding ortho intramolecular Hbond substituents is 1. The summed E-state index contributed by atoms with van der Waals surface area (Å²) in [6.45, 7) is 22.9. The molecule has 6 aromatic carbocycles. The standard InChI is InChI=1S/C57H59N3O/c1-35(2)38-20-22-39(23-21-38)42-26-27-58-50(33-42)44-29-43(30-46(31-44)57(9,10)11)47-18-15-19-52-53(47)59-55(49-34-45(56(6,7)8)28-37(5)54(49)61)60(52)51-25-24-41(36(3)4)32-48(51)40-16-13-12-14-17-40/h12-36,61H,1-11H3/i35D,36D. The molecule has 0 spiro atoms. The van der Waals surface area contributed by atoms with Gasteiger partial charge in [0.25, 0.3) is 0 Å². The van der Waals surface area contributed by atoms with Crippen molar-refractivity contribution in [3.05, 3.63) is 167 Å². The van der Waals surface area contributed by atoms with E-state index in [1.165, 1.54) is 5.56 Å². The Bertz CT molecular complexity index is 2990. The minimum absolute atomic E-state index is 0.172. The van der Waals surface area contributed by atoms with Gasteiger partial charge in [0.15, 0.2) is 0 Å². The molecule has 4 nitrogen and oxygen atoms in total. The number of nitrogens with zero attached hydrogens (tertiary/aromatic N) is 3. The summed E-state index contributed by atoms with van der Waals surface area (Å²) in [5.41, 5.74) is 15.9. The van der Waals surface area contributed by atoms with Crippen molar-refractivity contribution >= 4 is 11.0 Å². The second-order valence-corrected chi connectivity index (χ2v) is 19.0. The molecule has 0 fully saturated rings. The van der Waals surface area contributed by atoms with Crippen molar-refractivity contribution in [2.75, 3.05) is 0 Å². The van der Waals surface area contributed by atoms with Gasteiger partial charge in [0, 0.05) is 25.6 Å². The maximum atomic E-state index is 12.0. The predicted molar refractivity (Wildman–Crippen MR) is 258 cm³/mol. The van der Waals surface area contributed by atoms with Gasteiger partial charge in [-0.1, -0.05) is 154 Å². The molecular weight excluding hydrogens is 743 g/mol. The highest BCUT2D eigenvalue weighted by molar-refractivity contribution is 5.98. The molecule has 0 amide bonds. The average Bonchev–Trinajstić information content (AvgIpc) is 3.62. The van der Waals surface area contributed by atoms with E-state index in [2.05, 4.69) is 143 Å². The molecule has 0 bridgehead atoms.